The molecule has 2 aromatic carbocycles. The number of nitrogens with two attached hydrogens (primary N) is 2. The molecular weight excluding hydrogens is 409 g/mol. The molecule has 9 heteroatoms. The highest BCUT2D eigenvalue weighted by atomic mass is 35.5. The zero-order chi connectivity index (χ0) is 19.7. The Morgan fingerprint density at radius 2 is 1.70 bits per heavy atom. The molecule has 3 rings (SSSR count). The number of rotatable bonds is 5. The number of halogens is 3. The minimum Gasteiger partial charge on any atom is -0.397 e. The Balaban J connectivity index is 1.92. The van der Waals surface area contributed by atoms with Crippen molar-refractivity contribution in [2.75, 3.05) is 5.73 Å². The highest BCUT2D eigenvalue weighted by Gasteiger charge is 2.19. The largest absolute Gasteiger partial charge is 0.397 e. The van der Waals surface area contributed by atoms with Gasteiger partial charge in [0.25, 0.3) is 0 Å². The van der Waals surface area contributed by atoms with E-state index >= 15 is 0 Å². The van der Waals surface area contributed by atoms with E-state index in [9.17, 15) is 4.79 Å². The zero-order valence-corrected chi connectivity index (χ0v) is 16.2. The van der Waals surface area contributed by atoms with Crippen molar-refractivity contribution >= 4 is 52.1 Å². The summed E-state index contributed by atoms with van der Waals surface area (Å²) in [7, 11) is 0. The minimum absolute atomic E-state index is 0.215. The molecule has 0 spiro atoms. The maximum absolute atomic E-state index is 12.7. The van der Waals surface area contributed by atoms with Crippen LogP contribution in [0.3, 0.4) is 0 Å². The molecule has 0 aliphatic carbocycles. The van der Waals surface area contributed by atoms with Crippen LogP contribution in [-0.2, 0) is 6.54 Å². The molecule has 0 radical (unpaired) electrons. The first-order valence-corrected chi connectivity index (χ1v) is 8.83. The molecule has 0 bridgehead atoms. The van der Waals surface area contributed by atoms with Crippen molar-refractivity contribution in [1.82, 2.24) is 15.0 Å². The van der Waals surface area contributed by atoms with Gasteiger partial charge in [-0.3, -0.25) is 4.79 Å². The number of hydrogen-bond acceptors (Lipinski definition) is 5. The van der Waals surface area contributed by atoms with Gasteiger partial charge >= 0.3 is 0 Å². The van der Waals surface area contributed by atoms with E-state index in [1.54, 1.807) is 36.4 Å². The number of hydrogen-bond donors (Lipinski definition) is 2. The van der Waals surface area contributed by atoms with Gasteiger partial charge in [-0.05, 0) is 42.0 Å². The molecule has 4 N–H and O–H groups in total. The van der Waals surface area contributed by atoms with Crippen molar-refractivity contribution in [1.29, 1.82) is 0 Å². The third-order valence-electron chi connectivity index (χ3n) is 3.85. The second kappa shape index (κ2) is 7.60. The van der Waals surface area contributed by atoms with Gasteiger partial charge in [0.2, 0.25) is 0 Å². The van der Waals surface area contributed by atoms with E-state index in [0.717, 1.165) is 0 Å². The highest BCUT2D eigenvalue weighted by molar-refractivity contribution is 6.41. The molecule has 0 aliphatic rings. The monoisotopic (exact) mass is 421 g/mol. The molecule has 0 unspecified atom stereocenters. The Hall–Kier alpha value is -2.54. The Bertz CT molecular complexity index is 1020. The van der Waals surface area contributed by atoms with Gasteiger partial charge in [-0.15, -0.1) is 5.10 Å². The fourth-order valence-corrected chi connectivity index (χ4v) is 3.35. The number of benzene rings is 2. The molecule has 27 heavy (non-hydrogen) atoms. The van der Waals surface area contributed by atoms with Crippen LogP contribution in [0.1, 0.15) is 27.2 Å². The second-order valence-corrected chi connectivity index (χ2v) is 7.03. The summed E-state index contributed by atoms with van der Waals surface area (Å²) in [6, 6.07) is 9.75. The van der Waals surface area contributed by atoms with Gasteiger partial charge in [0, 0.05) is 10.6 Å². The maximum Gasteiger partial charge on any atom is 0.196 e. The van der Waals surface area contributed by atoms with Crippen LogP contribution in [0, 0.1) is 0 Å². The summed E-state index contributed by atoms with van der Waals surface area (Å²) < 4.78 is 1.44. The zero-order valence-electron chi connectivity index (χ0n) is 13.9. The normalized spacial score (nSPS) is 10.8. The van der Waals surface area contributed by atoms with E-state index in [2.05, 4.69) is 16.9 Å². The summed E-state index contributed by atoms with van der Waals surface area (Å²) in [6.45, 7) is 3.84. The van der Waals surface area contributed by atoms with Crippen molar-refractivity contribution in [3.8, 4) is 0 Å². The van der Waals surface area contributed by atoms with Crippen LogP contribution >= 0.6 is 34.8 Å². The first-order chi connectivity index (χ1) is 12.8. The lowest BCUT2D eigenvalue weighted by Crippen LogP contribution is -2.09. The van der Waals surface area contributed by atoms with Crippen molar-refractivity contribution in [3.05, 3.63) is 80.4 Å². The standard InChI is InChI=1S/C18H14Cl3N5O/c1-9(22)16-18(23)26(25-24-16)8-10-6-13(20)15(14(21)7-10)17(27)11-2-4-12(19)5-3-11/h2-7H,1,8,22-23H2. The quantitative estimate of drug-likeness (QED) is 0.605. The predicted octanol–water partition coefficient (Wildman–Crippen LogP) is 4.03. The Morgan fingerprint density at radius 3 is 2.22 bits per heavy atom. The van der Waals surface area contributed by atoms with E-state index in [-0.39, 0.29) is 39.5 Å². The number of ketones is 1. The molecule has 6 nitrogen and oxygen atoms in total. The summed E-state index contributed by atoms with van der Waals surface area (Å²) >= 11 is 18.5. The molecule has 1 heterocycles. The molecule has 3 aromatic rings. The van der Waals surface area contributed by atoms with Crippen molar-refractivity contribution in [2.24, 2.45) is 5.73 Å². The van der Waals surface area contributed by atoms with Gasteiger partial charge < -0.3 is 11.5 Å². The molecule has 0 amide bonds. The van der Waals surface area contributed by atoms with Gasteiger partial charge in [-0.25, -0.2) is 4.68 Å². The first kappa shape index (κ1) is 19.2. The number of anilines is 1. The third kappa shape index (κ3) is 3.93. The summed E-state index contributed by atoms with van der Waals surface area (Å²) in [5.41, 5.74) is 13.5. The summed E-state index contributed by atoms with van der Waals surface area (Å²) in [4.78, 5) is 12.7. The van der Waals surface area contributed by atoms with Gasteiger partial charge in [0.05, 0.1) is 27.9 Å². The average Bonchev–Trinajstić information content (AvgIpc) is 2.95. The molecule has 0 fully saturated rings. The summed E-state index contributed by atoms with van der Waals surface area (Å²) in [6.07, 6.45) is 0. The highest BCUT2D eigenvalue weighted by Crippen LogP contribution is 2.30. The molecule has 0 saturated carbocycles. The number of carbonyl (C=O) groups is 1. The van der Waals surface area contributed by atoms with Crippen LogP contribution < -0.4 is 11.5 Å². The van der Waals surface area contributed by atoms with E-state index in [4.69, 9.17) is 46.3 Å². The van der Waals surface area contributed by atoms with Crippen LogP contribution in [0.5, 0.6) is 0 Å². The van der Waals surface area contributed by atoms with Crippen LogP contribution in [0.25, 0.3) is 5.70 Å². The van der Waals surface area contributed by atoms with E-state index < -0.39 is 0 Å². The fraction of sp³-hybridized carbons (Fsp3) is 0.0556. The van der Waals surface area contributed by atoms with Gasteiger partial charge in [0.15, 0.2) is 17.3 Å². The van der Waals surface area contributed by atoms with Crippen molar-refractivity contribution in [3.63, 3.8) is 0 Å². The molecule has 0 saturated heterocycles. The fourth-order valence-electron chi connectivity index (χ4n) is 2.52. The molecule has 1 aromatic heterocycles. The predicted molar refractivity (Wildman–Crippen MR) is 108 cm³/mol. The SMILES string of the molecule is C=C(N)c1nnn(Cc2cc(Cl)c(C(=O)c3ccc(Cl)cc3)c(Cl)c2)c1N. The average molecular weight is 423 g/mol. The van der Waals surface area contributed by atoms with E-state index in [1.165, 1.54) is 4.68 Å². The third-order valence-corrected chi connectivity index (χ3v) is 4.69. The minimum atomic E-state index is -0.296. The lowest BCUT2D eigenvalue weighted by molar-refractivity contribution is 0.103. The number of nitrogens with zero attached hydrogens (tertiary/aromatic N) is 3. The lowest BCUT2D eigenvalue weighted by Gasteiger charge is -2.10. The maximum atomic E-state index is 12.7. The first-order valence-electron chi connectivity index (χ1n) is 7.70. The number of carbonyl (C=O) groups excluding carboxylic acids is 1. The smallest absolute Gasteiger partial charge is 0.196 e. The summed E-state index contributed by atoms with van der Waals surface area (Å²) in [5, 5.41) is 8.80. The Labute approximate surface area is 170 Å². The Morgan fingerprint density at radius 1 is 1.11 bits per heavy atom. The molecule has 138 valence electrons. The van der Waals surface area contributed by atoms with Gasteiger partial charge in [-0.1, -0.05) is 46.6 Å². The van der Waals surface area contributed by atoms with Crippen LogP contribution in [-0.4, -0.2) is 20.8 Å². The van der Waals surface area contributed by atoms with Gasteiger partial charge in [-0.2, -0.15) is 0 Å². The molecule has 0 aliphatic heterocycles. The Kier molecular flexibility index (Phi) is 5.41. The molecular formula is C18H14Cl3N5O. The van der Waals surface area contributed by atoms with E-state index in [1.807, 2.05) is 0 Å². The summed E-state index contributed by atoms with van der Waals surface area (Å²) in [5.74, 6) is -0.0220. The second-order valence-electron chi connectivity index (χ2n) is 5.78. The molecule has 0 atom stereocenters. The van der Waals surface area contributed by atoms with Crippen LogP contribution in [0.15, 0.2) is 43.0 Å². The van der Waals surface area contributed by atoms with E-state index in [0.29, 0.717) is 21.8 Å². The van der Waals surface area contributed by atoms with Crippen LogP contribution in [0.4, 0.5) is 5.82 Å². The van der Waals surface area contributed by atoms with Gasteiger partial charge in [0.1, 0.15) is 0 Å². The number of nitrogen functional groups attached to an aromatic ring is 1. The van der Waals surface area contributed by atoms with Crippen LogP contribution in [0.2, 0.25) is 15.1 Å². The lowest BCUT2D eigenvalue weighted by atomic mass is 10.0. The topological polar surface area (TPSA) is 99.8 Å². The van der Waals surface area contributed by atoms with Crippen molar-refractivity contribution < 1.29 is 4.79 Å². The number of aromatic nitrogens is 3. The van der Waals surface area contributed by atoms with Crippen molar-refractivity contribution in [2.45, 2.75) is 6.54 Å².